The van der Waals surface area contributed by atoms with Crippen LogP contribution < -0.4 is 5.32 Å². The van der Waals surface area contributed by atoms with Gasteiger partial charge >= 0.3 is 0 Å². The second-order valence-electron chi connectivity index (χ2n) is 8.07. The highest BCUT2D eigenvalue weighted by atomic mass is 35.5. The third-order valence-electron chi connectivity index (χ3n) is 5.59. The summed E-state index contributed by atoms with van der Waals surface area (Å²) in [5.74, 6) is 0.290. The maximum Gasteiger partial charge on any atom is 0.242 e. The number of anilines is 1. The molecule has 1 N–H and O–H groups in total. The summed E-state index contributed by atoms with van der Waals surface area (Å²) in [7, 11) is -0.509. The SMILES string of the molecule is CN(C)S(=O)(=O)c1ccc(NC(=O)CN2CCC(c3nc4cc(Cl)ccc4s3)CC2)cc1. The normalized spacial score (nSPS) is 16.0. The van der Waals surface area contributed by atoms with E-state index in [2.05, 4.69) is 10.2 Å². The van der Waals surface area contributed by atoms with Crippen LogP contribution in [0, 0.1) is 0 Å². The molecule has 4 rings (SSSR count). The zero-order valence-corrected chi connectivity index (χ0v) is 20.3. The minimum absolute atomic E-state index is 0.110. The average molecular weight is 493 g/mol. The summed E-state index contributed by atoms with van der Waals surface area (Å²) in [4.78, 5) is 19.6. The molecule has 1 fully saturated rings. The largest absolute Gasteiger partial charge is 0.325 e. The summed E-state index contributed by atoms with van der Waals surface area (Å²) in [6.07, 6.45) is 1.91. The molecule has 0 unspecified atom stereocenters. The van der Waals surface area contributed by atoms with Gasteiger partial charge in [0.25, 0.3) is 0 Å². The average Bonchev–Trinajstić information content (AvgIpc) is 3.17. The number of fused-ring (bicyclic) bond motifs is 1. The van der Waals surface area contributed by atoms with Crippen LogP contribution in [0.5, 0.6) is 0 Å². The molecule has 2 aromatic carbocycles. The van der Waals surface area contributed by atoms with Crippen LogP contribution in [0.15, 0.2) is 47.4 Å². The maximum atomic E-state index is 12.5. The van der Waals surface area contributed by atoms with E-state index in [0.29, 0.717) is 23.2 Å². The van der Waals surface area contributed by atoms with Crippen molar-refractivity contribution in [2.24, 2.45) is 0 Å². The first-order chi connectivity index (χ1) is 15.2. The van der Waals surface area contributed by atoms with Crippen molar-refractivity contribution in [3.8, 4) is 0 Å². The zero-order chi connectivity index (χ0) is 22.9. The predicted molar refractivity (Wildman–Crippen MR) is 129 cm³/mol. The van der Waals surface area contributed by atoms with Gasteiger partial charge in [-0.05, 0) is 68.4 Å². The number of aromatic nitrogens is 1. The third kappa shape index (κ3) is 5.13. The highest BCUT2D eigenvalue weighted by Crippen LogP contribution is 2.34. The van der Waals surface area contributed by atoms with Crippen LogP contribution in [0.25, 0.3) is 10.2 Å². The number of benzene rings is 2. The molecular weight excluding hydrogens is 468 g/mol. The van der Waals surface area contributed by atoms with Gasteiger partial charge in [0.15, 0.2) is 0 Å². The van der Waals surface area contributed by atoms with Crippen LogP contribution in [-0.2, 0) is 14.8 Å². The van der Waals surface area contributed by atoms with Crippen LogP contribution in [0.2, 0.25) is 5.02 Å². The molecule has 0 aliphatic carbocycles. The number of halogens is 1. The Balaban J connectivity index is 1.29. The number of hydrogen-bond acceptors (Lipinski definition) is 6. The number of thiazole rings is 1. The molecule has 1 amide bonds. The van der Waals surface area contributed by atoms with Crippen molar-refractivity contribution < 1.29 is 13.2 Å². The number of amides is 1. The first-order valence-electron chi connectivity index (χ1n) is 10.3. The molecule has 0 atom stereocenters. The van der Waals surface area contributed by atoms with Gasteiger partial charge in [-0.2, -0.15) is 0 Å². The standard InChI is InChI=1S/C22H25ClN4O3S2/c1-26(2)32(29,30)18-6-4-17(5-7-18)24-21(28)14-27-11-9-15(10-12-27)22-25-19-13-16(23)3-8-20(19)31-22/h3-8,13,15H,9-12,14H2,1-2H3,(H,24,28). The number of likely N-dealkylation sites (tertiary alicyclic amines) is 1. The van der Waals surface area contributed by atoms with E-state index in [4.69, 9.17) is 16.6 Å². The lowest BCUT2D eigenvalue weighted by molar-refractivity contribution is -0.117. The third-order valence-corrected chi connectivity index (χ3v) is 8.85. The van der Waals surface area contributed by atoms with Gasteiger partial charge in [0.05, 0.1) is 26.7 Å². The first-order valence-corrected chi connectivity index (χ1v) is 13.0. The van der Waals surface area contributed by atoms with Crippen molar-refractivity contribution in [3.05, 3.63) is 52.5 Å². The maximum absolute atomic E-state index is 12.5. The molecule has 2 heterocycles. The summed E-state index contributed by atoms with van der Waals surface area (Å²) >= 11 is 7.79. The van der Waals surface area contributed by atoms with Gasteiger partial charge in [-0.15, -0.1) is 11.3 Å². The van der Waals surface area contributed by atoms with Crippen LogP contribution in [0.3, 0.4) is 0 Å². The van der Waals surface area contributed by atoms with E-state index in [1.54, 1.807) is 23.5 Å². The fourth-order valence-corrected chi connectivity index (χ4v) is 5.94. The van der Waals surface area contributed by atoms with Gasteiger partial charge in [0, 0.05) is 30.7 Å². The number of hydrogen-bond donors (Lipinski definition) is 1. The second kappa shape index (κ2) is 9.44. The lowest BCUT2D eigenvalue weighted by Gasteiger charge is -2.30. The summed E-state index contributed by atoms with van der Waals surface area (Å²) in [6, 6.07) is 12.0. The quantitative estimate of drug-likeness (QED) is 0.562. The highest BCUT2D eigenvalue weighted by Gasteiger charge is 2.24. The van der Waals surface area contributed by atoms with Crippen molar-refractivity contribution >= 4 is 54.8 Å². The topological polar surface area (TPSA) is 82.6 Å². The molecule has 170 valence electrons. The zero-order valence-electron chi connectivity index (χ0n) is 17.9. The minimum atomic E-state index is -3.48. The molecule has 10 heteroatoms. The molecule has 0 spiro atoms. The van der Waals surface area contributed by atoms with E-state index in [1.807, 2.05) is 18.2 Å². The van der Waals surface area contributed by atoms with Gasteiger partial charge in [-0.1, -0.05) is 11.6 Å². The number of carbonyl (C=O) groups is 1. The molecule has 0 bridgehead atoms. The van der Waals surface area contributed by atoms with Crippen LogP contribution >= 0.6 is 22.9 Å². The van der Waals surface area contributed by atoms with Gasteiger partial charge in [-0.3, -0.25) is 9.69 Å². The van der Waals surface area contributed by atoms with Crippen molar-refractivity contribution in [2.75, 3.05) is 39.0 Å². The van der Waals surface area contributed by atoms with Crippen molar-refractivity contribution in [1.82, 2.24) is 14.2 Å². The Morgan fingerprint density at radius 3 is 2.53 bits per heavy atom. The van der Waals surface area contributed by atoms with E-state index < -0.39 is 10.0 Å². The van der Waals surface area contributed by atoms with Crippen LogP contribution in [-0.4, -0.2) is 62.2 Å². The molecule has 1 aliphatic rings. The number of nitrogens with one attached hydrogen (secondary N) is 1. The van der Waals surface area contributed by atoms with E-state index in [0.717, 1.165) is 45.5 Å². The van der Waals surface area contributed by atoms with Crippen LogP contribution in [0.1, 0.15) is 23.8 Å². The fourth-order valence-electron chi connectivity index (χ4n) is 3.76. The Morgan fingerprint density at radius 2 is 1.88 bits per heavy atom. The van der Waals surface area contributed by atoms with E-state index in [9.17, 15) is 13.2 Å². The van der Waals surface area contributed by atoms with Gasteiger partial charge in [0.2, 0.25) is 15.9 Å². The summed E-state index contributed by atoms with van der Waals surface area (Å²) in [5.41, 5.74) is 1.53. The Bertz CT molecular complexity index is 1220. The van der Waals surface area contributed by atoms with E-state index in [1.165, 1.54) is 26.2 Å². The Kier molecular flexibility index (Phi) is 6.83. The second-order valence-corrected chi connectivity index (χ2v) is 11.7. The monoisotopic (exact) mass is 492 g/mol. The van der Waals surface area contributed by atoms with Gasteiger partial charge in [-0.25, -0.2) is 17.7 Å². The first kappa shape index (κ1) is 23.1. The molecule has 32 heavy (non-hydrogen) atoms. The molecule has 0 radical (unpaired) electrons. The molecule has 3 aromatic rings. The Labute approximate surface area is 197 Å². The van der Waals surface area contributed by atoms with Crippen molar-refractivity contribution in [1.29, 1.82) is 0 Å². The molecule has 0 saturated carbocycles. The van der Waals surface area contributed by atoms with Crippen molar-refractivity contribution in [3.63, 3.8) is 0 Å². The Hall–Kier alpha value is -2.04. The number of piperidine rings is 1. The minimum Gasteiger partial charge on any atom is -0.325 e. The molecule has 7 nitrogen and oxygen atoms in total. The van der Waals surface area contributed by atoms with E-state index >= 15 is 0 Å². The highest BCUT2D eigenvalue weighted by molar-refractivity contribution is 7.89. The lowest BCUT2D eigenvalue weighted by atomic mass is 9.97. The smallest absolute Gasteiger partial charge is 0.242 e. The fraction of sp³-hybridized carbons (Fsp3) is 0.364. The number of rotatable bonds is 6. The summed E-state index contributed by atoms with van der Waals surface area (Å²) in [6.45, 7) is 1.96. The number of nitrogens with zero attached hydrogens (tertiary/aromatic N) is 3. The summed E-state index contributed by atoms with van der Waals surface area (Å²) in [5, 5.41) is 4.69. The number of carbonyl (C=O) groups excluding carboxylic acids is 1. The molecule has 1 saturated heterocycles. The van der Waals surface area contributed by atoms with Gasteiger partial charge < -0.3 is 5.32 Å². The Morgan fingerprint density at radius 1 is 1.19 bits per heavy atom. The predicted octanol–water partition coefficient (Wildman–Crippen LogP) is 4.02. The van der Waals surface area contributed by atoms with E-state index in [-0.39, 0.29) is 10.8 Å². The summed E-state index contributed by atoms with van der Waals surface area (Å²) < 4.78 is 26.6. The molecular formula is C22H25ClN4O3S2. The molecule has 1 aliphatic heterocycles. The van der Waals surface area contributed by atoms with Gasteiger partial charge in [0.1, 0.15) is 0 Å². The lowest BCUT2D eigenvalue weighted by Crippen LogP contribution is -2.38. The molecule has 1 aromatic heterocycles. The van der Waals surface area contributed by atoms with Crippen LogP contribution in [0.4, 0.5) is 5.69 Å². The van der Waals surface area contributed by atoms with Crippen molar-refractivity contribution in [2.45, 2.75) is 23.7 Å². The number of sulfonamides is 1.